The van der Waals surface area contributed by atoms with Gasteiger partial charge in [-0.25, -0.2) is 4.79 Å². The lowest BCUT2D eigenvalue weighted by Crippen LogP contribution is -2.54. The minimum atomic E-state index is -0.764. The third-order valence-corrected chi connectivity index (χ3v) is 5.83. The van der Waals surface area contributed by atoms with Gasteiger partial charge in [-0.3, -0.25) is 14.4 Å². The SMILES string of the molecule is COC(=O)[C@H](CC(C)C)NC(=O)[C@@H](NC(=O)CCCN1C(=O)CC1c1ccccc1)C(C)C. The van der Waals surface area contributed by atoms with E-state index in [2.05, 4.69) is 10.6 Å². The number of carbonyl (C=O) groups excluding carboxylic acids is 4. The molecule has 0 radical (unpaired) electrons. The Balaban J connectivity index is 1.87. The Morgan fingerprint density at radius 1 is 1.09 bits per heavy atom. The normalized spacial score (nSPS) is 17.4. The average Bonchev–Trinajstić information content (AvgIpc) is 2.77. The number of carbonyl (C=O) groups is 4. The van der Waals surface area contributed by atoms with Gasteiger partial charge in [0.2, 0.25) is 17.7 Å². The lowest BCUT2D eigenvalue weighted by molar-refractivity contribution is -0.147. The van der Waals surface area contributed by atoms with Crippen molar-refractivity contribution in [2.24, 2.45) is 11.8 Å². The predicted molar refractivity (Wildman–Crippen MR) is 125 cm³/mol. The molecular formula is C25H37N3O5. The Morgan fingerprint density at radius 2 is 1.76 bits per heavy atom. The molecule has 2 N–H and O–H groups in total. The summed E-state index contributed by atoms with van der Waals surface area (Å²) in [6, 6.07) is 8.39. The van der Waals surface area contributed by atoms with Crippen LogP contribution in [0.25, 0.3) is 0 Å². The van der Waals surface area contributed by atoms with Crippen LogP contribution >= 0.6 is 0 Å². The smallest absolute Gasteiger partial charge is 0.328 e. The molecule has 3 atom stereocenters. The summed E-state index contributed by atoms with van der Waals surface area (Å²) in [7, 11) is 1.29. The van der Waals surface area contributed by atoms with E-state index in [0.29, 0.717) is 25.8 Å². The molecular weight excluding hydrogens is 422 g/mol. The van der Waals surface area contributed by atoms with Gasteiger partial charge < -0.3 is 20.3 Å². The maximum atomic E-state index is 12.8. The Kier molecular flexibility index (Phi) is 9.88. The lowest BCUT2D eigenvalue weighted by atomic mass is 9.93. The highest BCUT2D eigenvalue weighted by Gasteiger charge is 2.36. The summed E-state index contributed by atoms with van der Waals surface area (Å²) < 4.78 is 4.80. The standard InChI is InChI=1S/C25H37N3O5/c1-16(2)14-19(25(32)33-5)26-24(31)23(17(3)4)27-21(29)12-9-13-28-20(15-22(28)30)18-10-7-6-8-11-18/h6-8,10-11,16-17,19-20,23H,9,12-15H2,1-5H3,(H,26,31)(H,27,29)/t19-,20?,23-/m0/s1. The monoisotopic (exact) mass is 459 g/mol. The van der Waals surface area contributed by atoms with E-state index in [9.17, 15) is 19.2 Å². The number of ether oxygens (including phenoxy) is 1. The van der Waals surface area contributed by atoms with Gasteiger partial charge >= 0.3 is 5.97 Å². The summed E-state index contributed by atoms with van der Waals surface area (Å²) in [5.74, 6) is -1.06. The van der Waals surface area contributed by atoms with Gasteiger partial charge in [-0.05, 0) is 30.2 Å². The topological polar surface area (TPSA) is 105 Å². The molecule has 3 amide bonds. The van der Waals surface area contributed by atoms with Crippen molar-refractivity contribution in [3.8, 4) is 0 Å². The Hall–Kier alpha value is -2.90. The predicted octanol–water partition coefficient (Wildman–Crippen LogP) is 2.58. The highest BCUT2D eigenvalue weighted by Crippen LogP contribution is 2.34. The molecule has 1 aromatic rings. The van der Waals surface area contributed by atoms with Crippen LogP contribution in [0.1, 0.15) is 65.0 Å². The zero-order valence-corrected chi connectivity index (χ0v) is 20.3. The largest absolute Gasteiger partial charge is 0.467 e. The van der Waals surface area contributed by atoms with E-state index in [0.717, 1.165) is 5.56 Å². The number of rotatable bonds is 12. The van der Waals surface area contributed by atoms with Gasteiger partial charge in [0.25, 0.3) is 0 Å². The fourth-order valence-corrected chi connectivity index (χ4v) is 3.99. The number of β-lactam (4-membered cyclic amide) rings is 1. The first kappa shape index (κ1) is 26.4. The third-order valence-electron chi connectivity index (χ3n) is 5.83. The zero-order valence-electron chi connectivity index (χ0n) is 20.3. The van der Waals surface area contributed by atoms with Crippen molar-refractivity contribution in [2.45, 2.75) is 71.5 Å². The zero-order chi connectivity index (χ0) is 24.5. The van der Waals surface area contributed by atoms with Crippen LogP contribution in [-0.4, -0.2) is 54.3 Å². The van der Waals surface area contributed by atoms with Crippen molar-refractivity contribution in [3.05, 3.63) is 35.9 Å². The minimum absolute atomic E-state index is 0.0622. The number of nitrogens with one attached hydrogen (secondary N) is 2. The van der Waals surface area contributed by atoms with E-state index in [1.54, 1.807) is 4.90 Å². The molecule has 1 fully saturated rings. The molecule has 0 aliphatic carbocycles. The molecule has 2 rings (SSSR count). The quantitative estimate of drug-likeness (QED) is 0.369. The number of methoxy groups -OCH3 is 1. The fraction of sp³-hybridized carbons (Fsp3) is 0.600. The van der Waals surface area contributed by atoms with Crippen LogP contribution in [0.15, 0.2) is 30.3 Å². The number of hydrogen-bond donors (Lipinski definition) is 2. The summed E-state index contributed by atoms with van der Waals surface area (Å²) in [6.45, 7) is 8.07. The van der Waals surface area contributed by atoms with Crippen LogP contribution in [0.3, 0.4) is 0 Å². The molecule has 1 aliphatic rings. The molecule has 1 aliphatic heterocycles. The number of esters is 1. The van der Waals surface area contributed by atoms with Gasteiger partial charge in [-0.15, -0.1) is 0 Å². The Morgan fingerprint density at radius 3 is 2.30 bits per heavy atom. The van der Waals surface area contributed by atoms with Gasteiger partial charge in [-0.2, -0.15) is 0 Å². The first-order valence-electron chi connectivity index (χ1n) is 11.7. The van der Waals surface area contributed by atoms with Crippen LogP contribution in [0.5, 0.6) is 0 Å². The molecule has 0 bridgehead atoms. The van der Waals surface area contributed by atoms with Gasteiger partial charge in [0.15, 0.2) is 0 Å². The second kappa shape index (κ2) is 12.4. The van der Waals surface area contributed by atoms with E-state index in [1.165, 1.54) is 7.11 Å². The van der Waals surface area contributed by atoms with Crippen LogP contribution in [-0.2, 0) is 23.9 Å². The van der Waals surface area contributed by atoms with Crippen LogP contribution in [0, 0.1) is 11.8 Å². The molecule has 8 nitrogen and oxygen atoms in total. The van der Waals surface area contributed by atoms with E-state index >= 15 is 0 Å². The van der Waals surface area contributed by atoms with Gasteiger partial charge in [0.05, 0.1) is 19.6 Å². The second-order valence-electron chi connectivity index (χ2n) is 9.32. The first-order chi connectivity index (χ1) is 15.6. The molecule has 0 spiro atoms. The highest BCUT2D eigenvalue weighted by atomic mass is 16.5. The summed E-state index contributed by atoms with van der Waals surface area (Å²) in [4.78, 5) is 51.2. The summed E-state index contributed by atoms with van der Waals surface area (Å²) in [5.41, 5.74) is 1.10. The molecule has 1 unspecified atom stereocenters. The van der Waals surface area contributed by atoms with E-state index in [4.69, 9.17) is 4.74 Å². The van der Waals surface area contributed by atoms with Crippen molar-refractivity contribution in [1.29, 1.82) is 0 Å². The van der Waals surface area contributed by atoms with Crippen LogP contribution < -0.4 is 10.6 Å². The molecule has 1 heterocycles. The van der Waals surface area contributed by atoms with Gasteiger partial charge in [0.1, 0.15) is 12.1 Å². The first-order valence-corrected chi connectivity index (χ1v) is 11.7. The van der Waals surface area contributed by atoms with Crippen LogP contribution in [0.4, 0.5) is 0 Å². The molecule has 33 heavy (non-hydrogen) atoms. The summed E-state index contributed by atoms with van der Waals surface area (Å²) >= 11 is 0. The maximum Gasteiger partial charge on any atom is 0.328 e. The Labute approximate surface area is 196 Å². The molecule has 0 saturated carbocycles. The number of hydrogen-bond acceptors (Lipinski definition) is 5. The van der Waals surface area contributed by atoms with Crippen molar-refractivity contribution < 1.29 is 23.9 Å². The maximum absolute atomic E-state index is 12.8. The van der Waals surface area contributed by atoms with E-state index in [-0.39, 0.29) is 36.1 Å². The summed E-state index contributed by atoms with van der Waals surface area (Å²) in [6.07, 6.45) is 1.65. The minimum Gasteiger partial charge on any atom is -0.467 e. The number of nitrogens with zero attached hydrogens (tertiary/aromatic N) is 1. The molecule has 1 saturated heterocycles. The lowest BCUT2D eigenvalue weighted by Gasteiger charge is -2.41. The molecule has 182 valence electrons. The molecule has 0 aromatic heterocycles. The Bertz CT molecular complexity index is 825. The van der Waals surface area contributed by atoms with Gasteiger partial charge in [0, 0.05) is 13.0 Å². The van der Waals surface area contributed by atoms with Crippen molar-refractivity contribution >= 4 is 23.7 Å². The number of likely N-dealkylation sites (tertiary alicyclic amines) is 1. The molecule has 1 aromatic carbocycles. The molecule has 8 heteroatoms. The second-order valence-corrected chi connectivity index (χ2v) is 9.32. The number of amides is 3. The van der Waals surface area contributed by atoms with E-state index < -0.39 is 24.0 Å². The van der Waals surface area contributed by atoms with Crippen molar-refractivity contribution in [1.82, 2.24) is 15.5 Å². The highest BCUT2D eigenvalue weighted by molar-refractivity contribution is 5.91. The van der Waals surface area contributed by atoms with Gasteiger partial charge in [-0.1, -0.05) is 58.0 Å². The van der Waals surface area contributed by atoms with E-state index in [1.807, 2.05) is 58.0 Å². The van der Waals surface area contributed by atoms with Crippen LogP contribution in [0.2, 0.25) is 0 Å². The number of benzene rings is 1. The average molecular weight is 460 g/mol. The third kappa shape index (κ3) is 7.58. The summed E-state index contributed by atoms with van der Waals surface area (Å²) in [5, 5.41) is 5.52. The van der Waals surface area contributed by atoms with Crippen molar-refractivity contribution in [2.75, 3.05) is 13.7 Å². The fourth-order valence-electron chi connectivity index (χ4n) is 3.99. The van der Waals surface area contributed by atoms with Crippen molar-refractivity contribution in [3.63, 3.8) is 0 Å².